The number of aryl methyl sites for hydroxylation is 3. The number of rotatable bonds is 6. The first-order valence-corrected chi connectivity index (χ1v) is 9.01. The lowest BCUT2D eigenvalue weighted by Crippen LogP contribution is -2.07. The fraction of sp³-hybridized carbons (Fsp3) is 0.421. The number of fused-ring (bicyclic) bond motifs is 1. The molecule has 0 atom stereocenters. The monoisotopic (exact) mass is 358 g/mol. The van der Waals surface area contributed by atoms with Crippen molar-refractivity contribution in [3.8, 4) is 17.1 Å². The molecule has 1 aromatic carbocycles. The van der Waals surface area contributed by atoms with Crippen LogP contribution in [0.4, 0.5) is 0 Å². The molecule has 0 radical (unpaired) electrons. The number of hydrogen-bond donors (Lipinski definition) is 0. The second kappa shape index (κ2) is 7.40. The second-order valence-electron chi connectivity index (χ2n) is 6.32. The van der Waals surface area contributed by atoms with Gasteiger partial charge in [0.1, 0.15) is 5.82 Å². The number of hydrogen-bond acceptors (Lipinski definition) is 4. The van der Waals surface area contributed by atoms with Crippen LogP contribution in [0.2, 0.25) is 5.02 Å². The largest absolute Gasteiger partial charge is 0.463 e. The van der Waals surface area contributed by atoms with Gasteiger partial charge in [-0.2, -0.15) is 14.6 Å². The van der Waals surface area contributed by atoms with E-state index in [1.807, 2.05) is 39.1 Å². The molecule has 132 valence electrons. The lowest BCUT2D eigenvalue weighted by atomic mass is 9.98. The van der Waals surface area contributed by atoms with Crippen LogP contribution < -0.4 is 4.74 Å². The van der Waals surface area contributed by atoms with Gasteiger partial charge in [-0.25, -0.2) is 4.98 Å². The maximum atomic E-state index is 6.17. The Bertz CT molecular complexity index is 881. The summed E-state index contributed by atoms with van der Waals surface area (Å²) in [5.74, 6) is 0.670. The molecule has 6 heteroatoms. The van der Waals surface area contributed by atoms with E-state index in [2.05, 4.69) is 22.0 Å². The number of nitrogens with zero attached hydrogens (tertiary/aromatic N) is 4. The highest BCUT2D eigenvalue weighted by Crippen LogP contribution is 2.33. The minimum Gasteiger partial charge on any atom is -0.463 e. The normalized spacial score (nSPS) is 11.2. The van der Waals surface area contributed by atoms with E-state index < -0.39 is 0 Å². The molecule has 3 aromatic rings. The third-order valence-corrected chi connectivity index (χ3v) is 4.41. The molecule has 0 bridgehead atoms. The summed E-state index contributed by atoms with van der Waals surface area (Å²) >= 11 is 6.17. The molecule has 0 amide bonds. The smallest absolute Gasteiger partial charge is 0.321 e. The Morgan fingerprint density at radius 2 is 1.80 bits per heavy atom. The van der Waals surface area contributed by atoms with E-state index in [-0.39, 0.29) is 0 Å². The molecule has 0 unspecified atom stereocenters. The summed E-state index contributed by atoms with van der Waals surface area (Å²) < 4.78 is 7.54. The minimum atomic E-state index is 0.495. The lowest BCUT2D eigenvalue weighted by Gasteiger charge is -2.10. The van der Waals surface area contributed by atoms with Crippen LogP contribution in [0.5, 0.6) is 6.01 Å². The van der Waals surface area contributed by atoms with E-state index in [1.165, 1.54) is 0 Å². The van der Waals surface area contributed by atoms with Crippen LogP contribution in [-0.2, 0) is 0 Å². The Balaban J connectivity index is 2.06. The summed E-state index contributed by atoms with van der Waals surface area (Å²) in [6.07, 6.45) is 5.12. The van der Waals surface area contributed by atoms with Crippen LogP contribution in [0.3, 0.4) is 0 Å². The van der Waals surface area contributed by atoms with Crippen LogP contribution in [0, 0.1) is 20.8 Å². The van der Waals surface area contributed by atoms with Gasteiger partial charge in [0, 0.05) is 10.6 Å². The van der Waals surface area contributed by atoms with Crippen LogP contribution in [0.1, 0.15) is 43.1 Å². The van der Waals surface area contributed by atoms with Crippen LogP contribution in [0.25, 0.3) is 16.8 Å². The average Bonchev–Trinajstić information content (AvgIpc) is 2.94. The van der Waals surface area contributed by atoms with Crippen molar-refractivity contribution in [3.63, 3.8) is 0 Å². The molecule has 0 aliphatic heterocycles. The molecule has 0 aliphatic rings. The van der Waals surface area contributed by atoms with Gasteiger partial charge < -0.3 is 4.74 Å². The van der Waals surface area contributed by atoms with Gasteiger partial charge in [0.2, 0.25) is 0 Å². The minimum absolute atomic E-state index is 0.495. The number of benzene rings is 1. The zero-order chi connectivity index (χ0) is 18.0. The van der Waals surface area contributed by atoms with Crippen molar-refractivity contribution < 1.29 is 4.74 Å². The molecule has 0 saturated carbocycles. The van der Waals surface area contributed by atoms with Crippen LogP contribution in [-0.4, -0.2) is 26.2 Å². The molecule has 0 spiro atoms. The standard InChI is InChI=1S/C19H23ClN4O/c1-5-6-7-8-25-19-23-14(4)22-18-16(11-21-24(18)19)17-12(2)9-15(20)10-13(17)3/h9-11H,5-8H2,1-4H3. The van der Waals surface area contributed by atoms with Gasteiger partial charge in [-0.05, 0) is 56.0 Å². The molecule has 5 nitrogen and oxygen atoms in total. The first-order chi connectivity index (χ1) is 12.0. The third-order valence-electron chi connectivity index (χ3n) is 4.20. The van der Waals surface area contributed by atoms with E-state index in [4.69, 9.17) is 16.3 Å². The Kier molecular flexibility index (Phi) is 5.23. The Labute approximate surface area is 153 Å². The zero-order valence-electron chi connectivity index (χ0n) is 15.1. The molecule has 0 N–H and O–H groups in total. The van der Waals surface area contributed by atoms with E-state index in [0.29, 0.717) is 18.4 Å². The highest BCUT2D eigenvalue weighted by molar-refractivity contribution is 6.30. The third kappa shape index (κ3) is 3.61. The fourth-order valence-corrected chi connectivity index (χ4v) is 3.40. The van der Waals surface area contributed by atoms with E-state index in [1.54, 1.807) is 4.52 Å². The van der Waals surface area contributed by atoms with Gasteiger partial charge in [0.15, 0.2) is 5.65 Å². The van der Waals surface area contributed by atoms with Crippen LogP contribution >= 0.6 is 11.6 Å². The molecule has 0 fully saturated rings. The van der Waals surface area contributed by atoms with Gasteiger partial charge >= 0.3 is 6.01 Å². The van der Waals surface area contributed by atoms with Crippen molar-refractivity contribution >= 4 is 17.2 Å². The first-order valence-electron chi connectivity index (χ1n) is 8.63. The van der Waals surface area contributed by atoms with Crippen molar-refractivity contribution in [3.05, 3.63) is 40.3 Å². The summed E-state index contributed by atoms with van der Waals surface area (Å²) in [7, 11) is 0. The average molecular weight is 359 g/mol. The Morgan fingerprint density at radius 3 is 2.48 bits per heavy atom. The molecule has 3 rings (SSSR count). The topological polar surface area (TPSA) is 52.3 Å². The SMILES string of the molecule is CCCCCOc1nc(C)nc2c(-c3c(C)cc(Cl)cc3C)cnn12. The highest BCUT2D eigenvalue weighted by Gasteiger charge is 2.17. The molecular weight excluding hydrogens is 336 g/mol. The first kappa shape index (κ1) is 17.7. The van der Waals surface area contributed by atoms with Crippen molar-refractivity contribution in [2.75, 3.05) is 6.61 Å². The predicted molar refractivity (Wildman–Crippen MR) is 100 cm³/mol. The Morgan fingerprint density at radius 1 is 1.08 bits per heavy atom. The van der Waals surface area contributed by atoms with Gasteiger partial charge in [0.25, 0.3) is 0 Å². The highest BCUT2D eigenvalue weighted by atomic mass is 35.5. The second-order valence-corrected chi connectivity index (χ2v) is 6.75. The van der Waals surface area contributed by atoms with Gasteiger partial charge in [-0.1, -0.05) is 31.4 Å². The van der Waals surface area contributed by atoms with Crippen LogP contribution in [0.15, 0.2) is 18.3 Å². The number of aromatic nitrogens is 4. The summed E-state index contributed by atoms with van der Waals surface area (Å²) in [5, 5.41) is 5.21. The van der Waals surface area contributed by atoms with E-state index >= 15 is 0 Å². The van der Waals surface area contributed by atoms with Gasteiger partial charge in [-0.15, -0.1) is 0 Å². The van der Waals surface area contributed by atoms with Crippen molar-refractivity contribution in [1.29, 1.82) is 0 Å². The molecule has 2 heterocycles. The van der Waals surface area contributed by atoms with Crippen molar-refractivity contribution in [2.45, 2.75) is 47.0 Å². The molecule has 0 saturated heterocycles. The maximum Gasteiger partial charge on any atom is 0.321 e. The zero-order valence-corrected chi connectivity index (χ0v) is 15.9. The predicted octanol–water partition coefficient (Wildman–Crippen LogP) is 4.94. The summed E-state index contributed by atoms with van der Waals surface area (Å²) in [6, 6.07) is 4.42. The van der Waals surface area contributed by atoms with E-state index in [9.17, 15) is 0 Å². The number of ether oxygens (including phenoxy) is 1. The lowest BCUT2D eigenvalue weighted by molar-refractivity contribution is 0.273. The molecule has 0 aliphatic carbocycles. The van der Waals surface area contributed by atoms with E-state index in [0.717, 1.165) is 52.2 Å². The van der Waals surface area contributed by atoms with Gasteiger partial charge in [-0.3, -0.25) is 0 Å². The van der Waals surface area contributed by atoms with Gasteiger partial charge in [0.05, 0.1) is 12.8 Å². The fourth-order valence-electron chi connectivity index (χ4n) is 3.07. The van der Waals surface area contributed by atoms with Crippen molar-refractivity contribution in [2.24, 2.45) is 0 Å². The molecule has 25 heavy (non-hydrogen) atoms. The summed E-state index contributed by atoms with van der Waals surface area (Å²) in [5.41, 5.74) is 5.03. The summed E-state index contributed by atoms with van der Waals surface area (Å²) in [4.78, 5) is 9.01. The summed E-state index contributed by atoms with van der Waals surface area (Å²) in [6.45, 7) is 8.77. The molecular formula is C19H23ClN4O. The molecule has 2 aromatic heterocycles. The van der Waals surface area contributed by atoms with Crippen molar-refractivity contribution in [1.82, 2.24) is 19.6 Å². The maximum absolute atomic E-state index is 6.17. The number of halogens is 1. The quantitative estimate of drug-likeness (QED) is 0.586. The Hall–Kier alpha value is -2.14. The number of unbranched alkanes of at least 4 members (excludes halogenated alkanes) is 2.